The van der Waals surface area contributed by atoms with E-state index < -0.39 is 0 Å². The van der Waals surface area contributed by atoms with Crippen LogP contribution >= 0.6 is 0 Å². The van der Waals surface area contributed by atoms with Crippen molar-refractivity contribution in [1.82, 2.24) is 5.32 Å². The van der Waals surface area contributed by atoms with Gasteiger partial charge in [0.15, 0.2) is 0 Å². The Hall–Kier alpha value is -0.800. The smallest absolute Gasteiger partial charge is 0.118 e. The van der Waals surface area contributed by atoms with Crippen molar-refractivity contribution in [3.05, 3.63) is 23.2 Å². The molecular formula is C18H29NO2. The van der Waals surface area contributed by atoms with E-state index in [1.165, 1.54) is 24.8 Å². The highest BCUT2D eigenvalue weighted by molar-refractivity contribution is 5.20. The Bertz CT molecular complexity index is 519. The summed E-state index contributed by atoms with van der Waals surface area (Å²) in [5.41, 5.74) is 1.95. The van der Waals surface area contributed by atoms with Crippen LogP contribution in [0.15, 0.2) is 10.5 Å². The summed E-state index contributed by atoms with van der Waals surface area (Å²) in [6.07, 6.45) is 4.31. The highest BCUT2D eigenvalue weighted by atomic mass is 16.5. The summed E-state index contributed by atoms with van der Waals surface area (Å²) in [6, 6.07) is 2.13. The van der Waals surface area contributed by atoms with Crippen LogP contribution in [-0.2, 0) is 17.9 Å². The van der Waals surface area contributed by atoms with Crippen molar-refractivity contribution < 1.29 is 9.15 Å². The molecule has 1 heterocycles. The zero-order chi connectivity index (χ0) is 15.3. The number of fused-ring (bicyclic) bond motifs is 2. The second-order valence-corrected chi connectivity index (χ2v) is 7.73. The molecule has 2 fully saturated rings. The minimum Gasteiger partial charge on any atom is -0.465 e. The van der Waals surface area contributed by atoms with Gasteiger partial charge in [0.25, 0.3) is 0 Å². The van der Waals surface area contributed by atoms with Crippen LogP contribution in [0.1, 0.15) is 57.1 Å². The zero-order valence-corrected chi connectivity index (χ0v) is 14.1. The average Bonchev–Trinajstić information content (AvgIpc) is 2.94. The Morgan fingerprint density at radius 1 is 1.38 bits per heavy atom. The number of ether oxygens (including phenoxy) is 1. The molecule has 3 rings (SSSR count). The lowest BCUT2D eigenvalue weighted by atomic mass is 9.70. The highest BCUT2D eigenvalue weighted by Crippen LogP contribution is 2.66. The van der Waals surface area contributed by atoms with E-state index in [0.29, 0.717) is 23.5 Å². The fourth-order valence-corrected chi connectivity index (χ4v) is 4.56. The second kappa shape index (κ2) is 5.13. The summed E-state index contributed by atoms with van der Waals surface area (Å²) in [5.74, 6) is 2.82. The Kier molecular flexibility index (Phi) is 3.69. The number of rotatable bonds is 5. The van der Waals surface area contributed by atoms with Crippen LogP contribution in [0, 0.1) is 23.7 Å². The van der Waals surface area contributed by atoms with Gasteiger partial charge >= 0.3 is 0 Å². The molecule has 0 radical (unpaired) electrons. The third kappa shape index (κ3) is 2.25. The van der Waals surface area contributed by atoms with E-state index >= 15 is 0 Å². The second-order valence-electron chi connectivity index (χ2n) is 7.73. The predicted octanol–water partition coefficient (Wildman–Crippen LogP) is 4.04. The van der Waals surface area contributed by atoms with Gasteiger partial charge in [0, 0.05) is 5.56 Å². The number of hydrogen-bond donors (Lipinski definition) is 1. The van der Waals surface area contributed by atoms with Crippen LogP contribution in [0.25, 0.3) is 0 Å². The van der Waals surface area contributed by atoms with Crippen molar-refractivity contribution in [2.24, 2.45) is 16.7 Å². The Morgan fingerprint density at radius 2 is 2.14 bits per heavy atom. The van der Waals surface area contributed by atoms with E-state index in [-0.39, 0.29) is 0 Å². The summed E-state index contributed by atoms with van der Waals surface area (Å²) in [5, 5.41) is 3.13. The molecule has 2 saturated carbocycles. The van der Waals surface area contributed by atoms with Crippen molar-refractivity contribution in [3.8, 4) is 0 Å². The molecule has 2 aliphatic carbocycles. The first-order valence-corrected chi connectivity index (χ1v) is 8.23. The van der Waals surface area contributed by atoms with E-state index in [1.54, 1.807) is 0 Å². The van der Waals surface area contributed by atoms with Gasteiger partial charge in [0.2, 0.25) is 0 Å². The summed E-state index contributed by atoms with van der Waals surface area (Å²) >= 11 is 0. The van der Waals surface area contributed by atoms with Gasteiger partial charge in [-0.1, -0.05) is 20.8 Å². The number of nitrogens with one attached hydrogen (secondary N) is 1. The fourth-order valence-electron chi connectivity index (χ4n) is 4.56. The molecular weight excluding hydrogens is 262 g/mol. The highest BCUT2D eigenvalue weighted by Gasteiger charge is 2.61. The molecule has 1 aromatic heterocycles. The van der Waals surface area contributed by atoms with Gasteiger partial charge in [-0.15, -0.1) is 0 Å². The van der Waals surface area contributed by atoms with E-state index in [2.05, 4.69) is 32.2 Å². The molecule has 0 saturated heterocycles. The lowest BCUT2D eigenvalue weighted by molar-refractivity contribution is -0.0553. The standard InChI is InChI=1S/C18H29NO2/c1-12-13(8-15(21-12)10-19-5)11-20-16-9-14-6-7-18(16,4)17(14,2)3/h8,14,16,19H,6-7,9-11H2,1-5H3. The van der Waals surface area contributed by atoms with Crippen molar-refractivity contribution in [3.63, 3.8) is 0 Å². The third-order valence-corrected chi connectivity index (χ3v) is 6.58. The first-order valence-electron chi connectivity index (χ1n) is 8.23. The summed E-state index contributed by atoms with van der Waals surface area (Å²) in [4.78, 5) is 0. The molecule has 0 aromatic carbocycles. The number of furan rings is 1. The van der Waals surface area contributed by atoms with E-state index in [1.807, 2.05) is 14.0 Å². The lowest BCUT2D eigenvalue weighted by Gasteiger charge is -2.38. The number of aryl methyl sites for hydroxylation is 1. The summed E-state index contributed by atoms with van der Waals surface area (Å²) in [7, 11) is 1.94. The van der Waals surface area contributed by atoms with E-state index in [0.717, 1.165) is 24.0 Å². The van der Waals surface area contributed by atoms with Crippen LogP contribution in [0.3, 0.4) is 0 Å². The van der Waals surface area contributed by atoms with Gasteiger partial charge in [-0.2, -0.15) is 0 Å². The molecule has 3 heteroatoms. The molecule has 1 N–H and O–H groups in total. The predicted molar refractivity (Wildman–Crippen MR) is 84.0 cm³/mol. The first-order chi connectivity index (χ1) is 9.88. The van der Waals surface area contributed by atoms with Gasteiger partial charge in [0.1, 0.15) is 11.5 Å². The van der Waals surface area contributed by atoms with Crippen LogP contribution in [-0.4, -0.2) is 13.2 Å². The first kappa shape index (κ1) is 15.1. The summed E-state index contributed by atoms with van der Waals surface area (Å²) in [6.45, 7) is 10.8. The molecule has 3 nitrogen and oxygen atoms in total. The molecule has 0 aliphatic heterocycles. The minimum absolute atomic E-state index is 0.336. The number of hydrogen-bond acceptors (Lipinski definition) is 3. The zero-order valence-electron chi connectivity index (χ0n) is 14.1. The van der Waals surface area contributed by atoms with Crippen molar-refractivity contribution >= 4 is 0 Å². The lowest BCUT2D eigenvalue weighted by Crippen LogP contribution is -2.37. The molecule has 1 aromatic rings. The molecule has 0 spiro atoms. The van der Waals surface area contributed by atoms with Gasteiger partial charge in [0.05, 0.1) is 19.3 Å². The maximum atomic E-state index is 6.35. The van der Waals surface area contributed by atoms with Gasteiger partial charge in [-0.05, 0) is 56.0 Å². The SMILES string of the molecule is CNCc1cc(COC2CC3CCC2(C)C3(C)C)c(C)o1. The Balaban J connectivity index is 1.67. The van der Waals surface area contributed by atoms with Gasteiger partial charge in [-0.3, -0.25) is 0 Å². The van der Waals surface area contributed by atoms with Crippen molar-refractivity contribution in [2.45, 2.75) is 66.2 Å². The molecule has 0 amide bonds. The van der Waals surface area contributed by atoms with Crippen LogP contribution < -0.4 is 5.32 Å². The average molecular weight is 291 g/mol. The van der Waals surface area contributed by atoms with Crippen LogP contribution in [0.4, 0.5) is 0 Å². The van der Waals surface area contributed by atoms with Gasteiger partial charge < -0.3 is 14.5 Å². The van der Waals surface area contributed by atoms with E-state index in [9.17, 15) is 0 Å². The molecule has 2 aliphatic rings. The van der Waals surface area contributed by atoms with Crippen LogP contribution in [0.5, 0.6) is 0 Å². The third-order valence-electron chi connectivity index (χ3n) is 6.58. The monoisotopic (exact) mass is 291 g/mol. The quantitative estimate of drug-likeness (QED) is 0.889. The Labute approximate surface area is 128 Å². The van der Waals surface area contributed by atoms with Crippen molar-refractivity contribution in [1.29, 1.82) is 0 Å². The molecule has 3 unspecified atom stereocenters. The molecule has 3 atom stereocenters. The minimum atomic E-state index is 0.336. The molecule has 2 bridgehead atoms. The maximum Gasteiger partial charge on any atom is 0.118 e. The molecule has 118 valence electrons. The van der Waals surface area contributed by atoms with Crippen LogP contribution in [0.2, 0.25) is 0 Å². The normalized spacial score (nSPS) is 33.8. The molecule has 21 heavy (non-hydrogen) atoms. The maximum absolute atomic E-state index is 6.35. The fraction of sp³-hybridized carbons (Fsp3) is 0.778. The van der Waals surface area contributed by atoms with E-state index in [4.69, 9.17) is 9.15 Å². The topological polar surface area (TPSA) is 34.4 Å². The summed E-state index contributed by atoms with van der Waals surface area (Å²) < 4.78 is 12.1. The van der Waals surface area contributed by atoms with Gasteiger partial charge in [-0.25, -0.2) is 0 Å². The Morgan fingerprint density at radius 3 is 2.71 bits per heavy atom. The largest absolute Gasteiger partial charge is 0.465 e. The van der Waals surface area contributed by atoms with Crippen molar-refractivity contribution in [2.75, 3.05) is 7.05 Å².